The van der Waals surface area contributed by atoms with Gasteiger partial charge < -0.3 is 14.8 Å². The molecule has 31 heavy (non-hydrogen) atoms. The monoisotopic (exact) mass is 446 g/mol. The number of nitrogens with one attached hydrogen (secondary N) is 1. The number of para-hydroxylation sites is 2. The molecule has 7 nitrogen and oxygen atoms in total. The molecule has 1 aliphatic heterocycles. The van der Waals surface area contributed by atoms with Crippen LogP contribution in [-0.4, -0.2) is 52.0 Å². The van der Waals surface area contributed by atoms with Crippen LogP contribution in [-0.2, 0) is 10.0 Å². The van der Waals surface area contributed by atoms with Crippen LogP contribution in [0.25, 0.3) is 0 Å². The first-order valence-corrected chi connectivity index (χ1v) is 12.0. The maximum atomic E-state index is 13.1. The fourth-order valence-electron chi connectivity index (χ4n) is 3.60. The van der Waals surface area contributed by atoms with Crippen LogP contribution in [0.15, 0.2) is 47.4 Å². The molecule has 2 aromatic rings. The van der Waals surface area contributed by atoms with E-state index in [9.17, 15) is 13.2 Å². The van der Waals surface area contributed by atoms with Crippen molar-refractivity contribution >= 4 is 15.9 Å². The number of hydrogen-bond donors (Lipinski definition) is 1. The maximum Gasteiger partial charge on any atom is 0.251 e. The molecule has 1 N–H and O–H groups in total. The molecule has 3 rings (SSSR count). The average Bonchev–Trinajstić information content (AvgIpc) is 3.07. The van der Waals surface area contributed by atoms with Crippen LogP contribution < -0.4 is 14.8 Å². The zero-order valence-electron chi connectivity index (χ0n) is 18.1. The highest BCUT2D eigenvalue weighted by Crippen LogP contribution is 2.25. The summed E-state index contributed by atoms with van der Waals surface area (Å²) in [6.07, 6.45) is 3.82. The molecule has 0 aromatic heterocycles. The second-order valence-electron chi connectivity index (χ2n) is 7.55. The smallest absolute Gasteiger partial charge is 0.251 e. The molecule has 0 unspecified atom stereocenters. The predicted molar refractivity (Wildman–Crippen MR) is 119 cm³/mol. The lowest BCUT2D eigenvalue weighted by Crippen LogP contribution is -2.32. The van der Waals surface area contributed by atoms with Gasteiger partial charge >= 0.3 is 0 Å². The van der Waals surface area contributed by atoms with Gasteiger partial charge in [0.05, 0.1) is 18.6 Å². The van der Waals surface area contributed by atoms with Gasteiger partial charge in [0.2, 0.25) is 10.0 Å². The lowest BCUT2D eigenvalue weighted by molar-refractivity contribution is 0.0946. The molecule has 8 heteroatoms. The molecular weight excluding hydrogens is 416 g/mol. The summed E-state index contributed by atoms with van der Waals surface area (Å²) in [4.78, 5) is 12.9. The number of sulfonamides is 1. The van der Waals surface area contributed by atoms with Crippen LogP contribution >= 0.6 is 0 Å². The van der Waals surface area contributed by atoms with Crippen LogP contribution in [0.1, 0.15) is 41.6 Å². The molecule has 0 aliphatic carbocycles. The fraction of sp³-hybridized carbons (Fsp3) is 0.435. The van der Waals surface area contributed by atoms with Crippen molar-refractivity contribution in [1.29, 1.82) is 0 Å². The van der Waals surface area contributed by atoms with Crippen LogP contribution in [0, 0.1) is 6.92 Å². The van der Waals surface area contributed by atoms with Crippen molar-refractivity contribution in [3.05, 3.63) is 53.6 Å². The Hall–Kier alpha value is -2.58. The van der Waals surface area contributed by atoms with E-state index in [2.05, 4.69) is 5.32 Å². The van der Waals surface area contributed by atoms with E-state index in [0.717, 1.165) is 31.2 Å². The Balaban J connectivity index is 1.64. The van der Waals surface area contributed by atoms with Crippen molar-refractivity contribution in [3.8, 4) is 11.5 Å². The van der Waals surface area contributed by atoms with E-state index < -0.39 is 10.0 Å². The fourth-order valence-corrected chi connectivity index (χ4v) is 5.14. The minimum Gasteiger partial charge on any atom is -0.493 e. The summed E-state index contributed by atoms with van der Waals surface area (Å²) < 4.78 is 38.6. The van der Waals surface area contributed by atoms with Gasteiger partial charge in [0, 0.05) is 18.7 Å². The Bertz CT molecular complexity index is 999. The van der Waals surface area contributed by atoms with Gasteiger partial charge in [-0.25, -0.2) is 8.42 Å². The Morgan fingerprint density at radius 1 is 1.03 bits per heavy atom. The first kappa shape index (κ1) is 23.1. The van der Waals surface area contributed by atoms with Crippen molar-refractivity contribution < 1.29 is 22.7 Å². The minimum absolute atomic E-state index is 0.162. The number of benzene rings is 2. The van der Waals surface area contributed by atoms with E-state index in [0.29, 0.717) is 30.2 Å². The van der Waals surface area contributed by atoms with E-state index in [4.69, 9.17) is 9.47 Å². The van der Waals surface area contributed by atoms with E-state index in [-0.39, 0.29) is 24.0 Å². The first-order chi connectivity index (χ1) is 14.9. The number of ether oxygens (including phenoxy) is 2. The van der Waals surface area contributed by atoms with Crippen molar-refractivity contribution in [2.75, 3.05) is 33.4 Å². The van der Waals surface area contributed by atoms with Crippen LogP contribution in [0.4, 0.5) is 0 Å². The Morgan fingerprint density at radius 3 is 2.39 bits per heavy atom. The normalized spacial score (nSPS) is 15.2. The summed E-state index contributed by atoms with van der Waals surface area (Å²) in [6.45, 7) is 3.38. The molecule has 2 aromatic carbocycles. The highest BCUT2D eigenvalue weighted by Gasteiger charge is 2.26. The lowest BCUT2D eigenvalue weighted by Gasteiger charge is -2.20. The molecule has 168 valence electrons. The van der Waals surface area contributed by atoms with Crippen molar-refractivity contribution in [1.82, 2.24) is 9.62 Å². The molecule has 1 aliphatic rings. The molecule has 1 amide bonds. The maximum absolute atomic E-state index is 13.1. The highest BCUT2D eigenvalue weighted by molar-refractivity contribution is 7.89. The number of methoxy groups -OCH3 is 1. The van der Waals surface area contributed by atoms with Crippen LogP contribution in [0.3, 0.4) is 0 Å². The van der Waals surface area contributed by atoms with Crippen LogP contribution in [0.5, 0.6) is 11.5 Å². The molecule has 1 saturated heterocycles. The molecule has 0 bridgehead atoms. The van der Waals surface area contributed by atoms with Crippen molar-refractivity contribution in [3.63, 3.8) is 0 Å². The SMILES string of the molecule is COc1ccccc1OCCNC(=O)c1cc(S(=O)(=O)N2CCCCCC2)ccc1C. The number of carbonyl (C=O) groups is 1. The molecule has 0 saturated carbocycles. The van der Waals surface area contributed by atoms with E-state index in [1.807, 2.05) is 12.1 Å². The summed E-state index contributed by atoms with van der Waals surface area (Å²) in [6, 6.07) is 12.0. The quantitative estimate of drug-likeness (QED) is 0.629. The predicted octanol–water partition coefficient (Wildman–Crippen LogP) is 3.38. The number of aryl methyl sites for hydroxylation is 1. The lowest BCUT2D eigenvalue weighted by atomic mass is 10.1. The molecule has 0 radical (unpaired) electrons. The van der Waals surface area contributed by atoms with E-state index in [1.165, 1.54) is 10.4 Å². The largest absolute Gasteiger partial charge is 0.493 e. The summed E-state index contributed by atoms with van der Waals surface area (Å²) in [5, 5.41) is 2.80. The van der Waals surface area contributed by atoms with Gasteiger partial charge in [-0.05, 0) is 49.6 Å². The topological polar surface area (TPSA) is 84.9 Å². The van der Waals surface area contributed by atoms with Crippen molar-refractivity contribution in [2.24, 2.45) is 0 Å². The second kappa shape index (κ2) is 10.6. The Labute approximate surface area is 184 Å². The summed E-state index contributed by atoms with van der Waals surface area (Å²) in [5.41, 5.74) is 1.08. The summed E-state index contributed by atoms with van der Waals surface area (Å²) in [7, 11) is -2.04. The number of rotatable bonds is 8. The third-order valence-corrected chi connectivity index (χ3v) is 7.27. The van der Waals surface area contributed by atoms with Gasteiger partial charge in [-0.2, -0.15) is 4.31 Å². The van der Waals surface area contributed by atoms with Gasteiger partial charge in [0.25, 0.3) is 5.91 Å². The molecule has 1 heterocycles. The molecular formula is C23H30N2O5S. The zero-order chi connectivity index (χ0) is 22.3. The molecule has 0 spiro atoms. The number of carbonyl (C=O) groups excluding carboxylic acids is 1. The Kier molecular flexibility index (Phi) is 7.92. The number of amides is 1. The summed E-state index contributed by atoms with van der Waals surface area (Å²) >= 11 is 0. The molecule has 0 atom stereocenters. The van der Waals surface area contributed by atoms with Gasteiger partial charge in [-0.1, -0.05) is 31.0 Å². The minimum atomic E-state index is -3.61. The zero-order valence-corrected chi connectivity index (χ0v) is 18.9. The van der Waals surface area contributed by atoms with Gasteiger partial charge in [-0.3, -0.25) is 4.79 Å². The second-order valence-corrected chi connectivity index (χ2v) is 9.49. The third kappa shape index (κ3) is 5.77. The summed E-state index contributed by atoms with van der Waals surface area (Å²) in [5.74, 6) is 0.895. The highest BCUT2D eigenvalue weighted by atomic mass is 32.2. The van der Waals surface area contributed by atoms with Gasteiger partial charge in [0.1, 0.15) is 6.61 Å². The van der Waals surface area contributed by atoms with Gasteiger partial charge in [0.15, 0.2) is 11.5 Å². The first-order valence-electron chi connectivity index (χ1n) is 10.6. The van der Waals surface area contributed by atoms with Crippen molar-refractivity contribution in [2.45, 2.75) is 37.5 Å². The van der Waals surface area contributed by atoms with Crippen LogP contribution in [0.2, 0.25) is 0 Å². The standard InChI is InChI=1S/C23H30N2O5S/c1-18-11-12-19(31(27,28)25-14-7-3-4-8-15-25)17-20(18)23(26)24-13-16-30-22-10-6-5-9-21(22)29-2/h5-6,9-12,17H,3-4,7-8,13-16H2,1-2H3,(H,24,26). The number of nitrogens with zero attached hydrogens (tertiary/aromatic N) is 1. The van der Waals surface area contributed by atoms with E-state index in [1.54, 1.807) is 38.3 Å². The average molecular weight is 447 g/mol. The van der Waals surface area contributed by atoms with Gasteiger partial charge in [-0.15, -0.1) is 0 Å². The third-order valence-electron chi connectivity index (χ3n) is 5.37. The van der Waals surface area contributed by atoms with E-state index >= 15 is 0 Å². The number of hydrogen-bond acceptors (Lipinski definition) is 5. The molecule has 1 fully saturated rings. The Morgan fingerprint density at radius 2 is 1.71 bits per heavy atom.